The van der Waals surface area contributed by atoms with E-state index in [9.17, 15) is 14.4 Å². The lowest BCUT2D eigenvalue weighted by molar-refractivity contribution is -0.126. The predicted molar refractivity (Wildman–Crippen MR) is 66.6 cm³/mol. The number of hydrogen-bond acceptors (Lipinski definition) is 3. The van der Waals surface area contributed by atoms with Gasteiger partial charge in [-0.2, -0.15) is 0 Å². The summed E-state index contributed by atoms with van der Waals surface area (Å²) in [6.45, 7) is 0. The van der Waals surface area contributed by atoms with E-state index in [-0.39, 0.29) is 11.7 Å². The molecule has 2 aliphatic carbocycles. The van der Waals surface area contributed by atoms with E-state index in [0.29, 0.717) is 12.0 Å². The Bertz CT molecular complexity index is 649. The number of rotatable bonds is 0. The molecule has 0 radical (unpaired) electrons. The third-order valence-corrected chi connectivity index (χ3v) is 4.79. The van der Waals surface area contributed by atoms with Gasteiger partial charge in [0.25, 0.3) is 0 Å². The van der Waals surface area contributed by atoms with Crippen molar-refractivity contribution in [1.29, 1.82) is 0 Å². The van der Waals surface area contributed by atoms with Crippen LogP contribution in [0.25, 0.3) is 0 Å². The van der Waals surface area contributed by atoms with Gasteiger partial charge in [-0.15, -0.1) is 0 Å². The van der Waals surface area contributed by atoms with Gasteiger partial charge in [-0.3, -0.25) is 19.7 Å². The van der Waals surface area contributed by atoms with Crippen LogP contribution in [-0.4, -0.2) is 17.6 Å². The molecule has 4 rings (SSSR count). The summed E-state index contributed by atoms with van der Waals surface area (Å²) in [6, 6.07) is 5.60. The van der Waals surface area contributed by atoms with Crippen molar-refractivity contribution in [3.8, 4) is 0 Å². The number of carbonyl (C=O) groups is 3. The van der Waals surface area contributed by atoms with Crippen LogP contribution in [-0.2, 0) is 21.4 Å². The summed E-state index contributed by atoms with van der Waals surface area (Å²) < 4.78 is 0. The zero-order valence-electron chi connectivity index (χ0n) is 10.4. The van der Waals surface area contributed by atoms with Crippen molar-refractivity contribution in [1.82, 2.24) is 5.32 Å². The molecule has 1 spiro atoms. The fourth-order valence-corrected chi connectivity index (χ4v) is 4.05. The number of aryl methyl sites for hydroxylation is 1. The molecular formula is C15H13NO3. The molecule has 4 nitrogen and oxygen atoms in total. The lowest BCUT2D eigenvalue weighted by atomic mass is 9.72. The summed E-state index contributed by atoms with van der Waals surface area (Å²) in [5.41, 5.74) is 1.59. The van der Waals surface area contributed by atoms with Crippen molar-refractivity contribution < 1.29 is 14.4 Å². The smallest absolute Gasteiger partial charge is 0.238 e. The normalized spacial score (nSPS) is 31.8. The van der Waals surface area contributed by atoms with Crippen molar-refractivity contribution in [2.45, 2.75) is 31.1 Å². The second-order valence-electron chi connectivity index (χ2n) is 5.63. The monoisotopic (exact) mass is 255 g/mol. The fraction of sp³-hybridized carbons (Fsp3) is 0.400. The third kappa shape index (κ3) is 1.08. The lowest BCUT2D eigenvalue weighted by Gasteiger charge is -2.25. The van der Waals surface area contributed by atoms with Gasteiger partial charge >= 0.3 is 0 Å². The first-order chi connectivity index (χ1) is 9.16. The number of hydrogen-bond donors (Lipinski definition) is 1. The molecule has 0 aromatic heterocycles. The van der Waals surface area contributed by atoms with E-state index < -0.39 is 17.2 Å². The minimum Gasteiger partial charge on any atom is -0.295 e. The number of nitrogens with one attached hydrogen (secondary N) is 1. The molecular weight excluding hydrogens is 242 g/mol. The van der Waals surface area contributed by atoms with Gasteiger partial charge in [0.15, 0.2) is 5.78 Å². The van der Waals surface area contributed by atoms with Gasteiger partial charge in [-0.25, -0.2) is 0 Å². The highest BCUT2D eigenvalue weighted by atomic mass is 16.2. The lowest BCUT2D eigenvalue weighted by Crippen LogP contribution is -2.38. The Hall–Kier alpha value is -1.97. The topological polar surface area (TPSA) is 63.2 Å². The van der Waals surface area contributed by atoms with E-state index in [2.05, 4.69) is 5.32 Å². The fourth-order valence-electron chi connectivity index (χ4n) is 4.05. The van der Waals surface area contributed by atoms with Gasteiger partial charge in [-0.05, 0) is 30.4 Å². The summed E-state index contributed by atoms with van der Waals surface area (Å²) in [5, 5.41) is 2.37. The minimum absolute atomic E-state index is 0.179. The molecule has 1 N–H and O–H groups in total. The van der Waals surface area contributed by atoms with Crippen LogP contribution in [0.5, 0.6) is 0 Å². The van der Waals surface area contributed by atoms with Crippen molar-refractivity contribution in [3.05, 3.63) is 34.9 Å². The van der Waals surface area contributed by atoms with E-state index in [1.807, 2.05) is 12.1 Å². The van der Waals surface area contributed by atoms with E-state index in [4.69, 9.17) is 0 Å². The van der Waals surface area contributed by atoms with Gasteiger partial charge in [0.1, 0.15) is 5.92 Å². The molecule has 0 saturated carbocycles. The van der Waals surface area contributed by atoms with Crippen LogP contribution in [0.15, 0.2) is 18.2 Å². The number of imide groups is 1. The molecule has 0 bridgehead atoms. The Labute approximate surface area is 110 Å². The van der Waals surface area contributed by atoms with Crippen molar-refractivity contribution in [2.24, 2.45) is 5.92 Å². The molecule has 1 aromatic rings. The summed E-state index contributed by atoms with van der Waals surface area (Å²) >= 11 is 0. The molecule has 0 unspecified atom stereocenters. The maximum absolute atomic E-state index is 12.5. The minimum atomic E-state index is -0.906. The first-order valence-electron chi connectivity index (χ1n) is 6.68. The summed E-state index contributed by atoms with van der Waals surface area (Å²) in [7, 11) is 0. The Kier molecular flexibility index (Phi) is 1.91. The summed E-state index contributed by atoms with van der Waals surface area (Å²) in [4.78, 5) is 36.9. The zero-order chi connectivity index (χ0) is 13.2. The van der Waals surface area contributed by atoms with E-state index in [1.165, 1.54) is 0 Å². The van der Waals surface area contributed by atoms with Gasteiger partial charge < -0.3 is 0 Å². The van der Waals surface area contributed by atoms with Crippen LogP contribution in [0.3, 0.4) is 0 Å². The highest BCUT2D eigenvalue weighted by molar-refractivity contribution is 6.27. The standard InChI is InChI=1S/C15H13NO3/c17-12-9-6-3-5-8-4-1-2-7-15(10(8)9)11(12)13(18)16-14(15)19/h3,5-6,11H,1-2,4,7H2,(H,16,18,19)/t11-,15+/m0/s1. The van der Waals surface area contributed by atoms with Crippen LogP contribution in [0.2, 0.25) is 0 Å². The predicted octanol–water partition coefficient (Wildman–Crippen LogP) is 1.12. The Balaban J connectivity index is 2.10. The van der Waals surface area contributed by atoms with Crippen molar-refractivity contribution in [2.75, 3.05) is 0 Å². The third-order valence-electron chi connectivity index (χ3n) is 4.79. The Morgan fingerprint density at radius 2 is 2.00 bits per heavy atom. The highest BCUT2D eigenvalue weighted by Gasteiger charge is 2.65. The first kappa shape index (κ1) is 10.9. The molecule has 1 saturated heterocycles. The number of ketones is 1. The van der Waals surface area contributed by atoms with E-state index in [0.717, 1.165) is 30.4 Å². The number of Topliss-reactive ketones (excluding diaryl/α,β-unsaturated/α-hetero) is 1. The summed E-state index contributed by atoms with van der Waals surface area (Å²) in [6.07, 6.45) is 3.36. The quantitative estimate of drug-likeness (QED) is 0.558. The van der Waals surface area contributed by atoms with E-state index >= 15 is 0 Å². The molecule has 19 heavy (non-hydrogen) atoms. The highest BCUT2D eigenvalue weighted by Crippen LogP contribution is 2.52. The van der Waals surface area contributed by atoms with Gasteiger partial charge in [-0.1, -0.05) is 24.6 Å². The molecule has 96 valence electrons. The van der Waals surface area contributed by atoms with Crippen LogP contribution >= 0.6 is 0 Å². The second-order valence-corrected chi connectivity index (χ2v) is 5.63. The molecule has 1 heterocycles. The molecule has 3 aliphatic rings. The maximum atomic E-state index is 12.5. The van der Waals surface area contributed by atoms with Crippen LogP contribution < -0.4 is 5.32 Å². The molecule has 2 amide bonds. The largest absolute Gasteiger partial charge is 0.295 e. The number of amides is 2. The molecule has 1 fully saturated rings. The molecule has 4 heteroatoms. The average Bonchev–Trinajstić information content (AvgIpc) is 2.69. The van der Waals surface area contributed by atoms with Crippen LogP contribution in [0, 0.1) is 5.92 Å². The average molecular weight is 255 g/mol. The van der Waals surface area contributed by atoms with Crippen LogP contribution in [0.4, 0.5) is 0 Å². The zero-order valence-corrected chi connectivity index (χ0v) is 10.4. The molecule has 1 aromatic carbocycles. The second kappa shape index (κ2) is 3.32. The van der Waals surface area contributed by atoms with E-state index in [1.54, 1.807) is 6.07 Å². The first-order valence-corrected chi connectivity index (χ1v) is 6.68. The number of carbonyl (C=O) groups excluding carboxylic acids is 3. The van der Waals surface area contributed by atoms with Crippen molar-refractivity contribution >= 4 is 17.6 Å². The molecule has 2 atom stereocenters. The molecule has 1 aliphatic heterocycles. The number of benzene rings is 1. The Morgan fingerprint density at radius 3 is 2.84 bits per heavy atom. The van der Waals surface area contributed by atoms with Crippen molar-refractivity contribution in [3.63, 3.8) is 0 Å². The van der Waals surface area contributed by atoms with Gasteiger partial charge in [0, 0.05) is 5.56 Å². The van der Waals surface area contributed by atoms with Gasteiger partial charge in [0.05, 0.1) is 5.41 Å². The summed E-state index contributed by atoms with van der Waals surface area (Å²) in [5.74, 6) is -1.70. The maximum Gasteiger partial charge on any atom is 0.238 e. The van der Waals surface area contributed by atoms with Crippen LogP contribution in [0.1, 0.15) is 40.7 Å². The SMILES string of the molecule is O=C1NC(=O)[C@]23CCCCc4cccc(c42)C(=O)[C@@H]13. The Morgan fingerprint density at radius 1 is 1.16 bits per heavy atom. The van der Waals surface area contributed by atoms with Gasteiger partial charge in [0.2, 0.25) is 11.8 Å².